The van der Waals surface area contributed by atoms with Crippen LogP contribution < -0.4 is 10.3 Å². The van der Waals surface area contributed by atoms with Gasteiger partial charge in [0.15, 0.2) is 5.69 Å². The first-order valence-electron chi connectivity index (χ1n) is 9.50. The smallest absolute Gasteiger partial charge is 0.292 e. The quantitative estimate of drug-likeness (QED) is 0.381. The molecule has 3 aromatic rings. The fraction of sp³-hybridized carbons (Fsp3) is 0.143. The Morgan fingerprint density at radius 3 is 2.45 bits per heavy atom. The molecule has 154 valence electrons. The number of rotatable bonds is 4. The van der Waals surface area contributed by atoms with Gasteiger partial charge in [0.1, 0.15) is 6.54 Å². The molecule has 1 unspecified atom stereocenters. The average Bonchev–Trinajstić information content (AvgIpc) is 3.32. The third-order valence-electron chi connectivity index (χ3n) is 5.09. The zero-order valence-electron chi connectivity index (χ0n) is 16.0. The molecule has 1 aromatic heterocycles. The molecule has 1 aliphatic carbocycles. The Hall–Kier alpha value is -4.34. The summed E-state index contributed by atoms with van der Waals surface area (Å²) in [6, 6.07) is 15.4. The molecule has 10 nitrogen and oxygen atoms in total. The van der Waals surface area contributed by atoms with Crippen LogP contribution in [0.15, 0.2) is 59.6 Å². The molecule has 5 rings (SSSR count). The lowest BCUT2D eigenvalue weighted by Crippen LogP contribution is -2.42. The average molecular weight is 417 g/mol. The monoisotopic (exact) mass is 417 g/mol. The first-order chi connectivity index (χ1) is 15.0. The number of benzene rings is 2. The van der Waals surface area contributed by atoms with Gasteiger partial charge < -0.3 is 9.94 Å². The molecule has 1 aliphatic heterocycles. The van der Waals surface area contributed by atoms with Gasteiger partial charge in [0, 0.05) is 26.7 Å². The van der Waals surface area contributed by atoms with Gasteiger partial charge in [-0.2, -0.15) is 0 Å². The molecule has 2 aromatic carbocycles. The van der Waals surface area contributed by atoms with E-state index in [2.05, 4.69) is 15.4 Å². The van der Waals surface area contributed by atoms with Crippen molar-refractivity contribution in [1.29, 1.82) is 0 Å². The summed E-state index contributed by atoms with van der Waals surface area (Å²) in [5.74, 6) is -1.27. The fourth-order valence-electron chi connectivity index (χ4n) is 3.64. The van der Waals surface area contributed by atoms with Gasteiger partial charge in [0.25, 0.3) is 11.9 Å². The van der Waals surface area contributed by atoms with Crippen LogP contribution in [0.2, 0.25) is 0 Å². The van der Waals surface area contributed by atoms with E-state index in [1.165, 1.54) is 12.1 Å². The number of carbonyl (C=O) groups is 3. The second-order valence-electron chi connectivity index (χ2n) is 6.96. The Kier molecular flexibility index (Phi) is 4.32. The molecule has 2 heterocycles. The van der Waals surface area contributed by atoms with E-state index in [9.17, 15) is 19.6 Å². The van der Waals surface area contributed by atoms with Crippen LogP contribution in [0.1, 0.15) is 43.8 Å². The molecular weight excluding hydrogens is 402 g/mol. The number of ether oxygens (including phenoxy) is 1. The topological polar surface area (TPSA) is 130 Å². The Morgan fingerprint density at radius 2 is 1.71 bits per heavy atom. The highest BCUT2D eigenvalue weighted by Crippen LogP contribution is 2.25. The van der Waals surface area contributed by atoms with Crippen molar-refractivity contribution in [2.75, 3.05) is 6.54 Å². The van der Waals surface area contributed by atoms with Crippen molar-refractivity contribution >= 4 is 23.5 Å². The molecule has 1 N–H and O–H groups in total. The van der Waals surface area contributed by atoms with Gasteiger partial charge in [0.2, 0.25) is 23.4 Å². The summed E-state index contributed by atoms with van der Waals surface area (Å²) >= 11 is 0. The lowest BCUT2D eigenvalue weighted by Gasteiger charge is -2.12. The number of aromatic nitrogens is 3. The van der Waals surface area contributed by atoms with E-state index in [1.54, 1.807) is 36.4 Å². The maximum atomic E-state index is 12.9. The first kappa shape index (κ1) is 18.7. The Bertz CT molecular complexity index is 1260. The van der Waals surface area contributed by atoms with Crippen molar-refractivity contribution in [1.82, 2.24) is 15.1 Å². The highest BCUT2D eigenvalue weighted by molar-refractivity contribution is 6.26. The molecule has 1 fully saturated rings. The number of hydrogen-bond donors (Lipinski definition) is 1. The molecule has 10 heteroatoms. The molecular formula is C21H15N5O5. The molecule has 31 heavy (non-hydrogen) atoms. The van der Waals surface area contributed by atoms with Gasteiger partial charge in [0.05, 0.1) is 6.54 Å². The van der Waals surface area contributed by atoms with Crippen LogP contribution in [0.25, 0.3) is 0 Å². The summed E-state index contributed by atoms with van der Waals surface area (Å²) in [5, 5.41) is 18.5. The summed E-state index contributed by atoms with van der Waals surface area (Å²) in [6.07, 6.45) is -0.805. The molecule has 2 aliphatic rings. The summed E-state index contributed by atoms with van der Waals surface area (Å²) in [4.78, 5) is 42.0. The number of amides is 1. The number of nitrogens with one attached hydrogen (secondary N) is 1. The molecule has 0 bridgehead atoms. The van der Waals surface area contributed by atoms with Crippen molar-refractivity contribution in [2.45, 2.75) is 12.6 Å². The third kappa shape index (κ3) is 3.05. The van der Waals surface area contributed by atoms with Crippen LogP contribution in [0.5, 0.6) is 0 Å². The SMILES string of the molecule is O=C1c2ccccc2C(=O)c2c1n[n+]([O-])n2CCN=C1NC(=O)C(c2ccccc2)O1. The van der Waals surface area contributed by atoms with E-state index in [4.69, 9.17) is 4.74 Å². The molecule has 1 saturated heterocycles. The predicted molar refractivity (Wildman–Crippen MR) is 105 cm³/mol. The van der Waals surface area contributed by atoms with Gasteiger partial charge in [-0.25, -0.2) is 4.99 Å². The lowest BCUT2D eigenvalue weighted by molar-refractivity contribution is -0.749. The molecule has 1 amide bonds. The fourth-order valence-corrected chi connectivity index (χ4v) is 3.64. The van der Waals surface area contributed by atoms with Crippen LogP contribution in [0, 0.1) is 5.21 Å². The second kappa shape index (κ2) is 7.17. The van der Waals surface area contributed by atoms with Gasteiger partial charge in [-0.15, -0.1) is 4.68 Å². The molecule has 0 radical (unpaired) electrons. The summed E-state index contributed by atoms with van der Waals surface area (Å²) in [6.45, 7) is -0.0168. The lowest BCUT2D eigenvalue weighted by atomic mass is 9.90. The third-order valence-corrected chi connectivity index (χ3v) is 5.09. The minimum Gasteiger partial charge on any atom is -0.571 e. The normalized spacial score (nSPS) is 18.5. The van der Waals surface area contributed by atoms with Crippen LogP contribution >= 0.6 is 0 Å². The maximum Gasteiger partial charge on any atom is 0.292 e. The highest BCUT2D eigenvalue weighted by Gasteiger charge is 2.39. The van der Waals surface area contributed by atoms with Gasteiger partial charge >= 0.3 is 0 Å². The minimum atomic E-state index is -0.805. The molecule has 0 spiro atoms. The van der Waals surface area contributed by atoms with Crippen LogP contribution in [-0.4, -0.2) is 39.8 Å². The predicted octanol–water partition coefficient (Wildman–Crippen LogP) is 0.536. The molecule has 1 atom stereocenters. The van der Waals surface area contributed by atoms with Gasteiger partial charge in [-0.05, 0) is 0 Å². The Balaban J connectivity index is 1.36. The van der Waals surface area contributed by atoms with Crippen molar-refractivity contribution in [3.05, 3.63) is 87.9 Å². The standard InChI is InChI=1S/C21H15N5O5/c27-17-13-8-4-5-9-14(13)18(28)16-15(17)24-26(30)25(16)11-10-22-21-23-20(29)19(31-21)12-6-2-1-3-7-12/h1-9,19H,10-11H2,(H,22,23,29). The molecule has 0 saturated carbocycles. The van der Waals surface area contributed by atoms with E-state index in [1.807, 2.05) is 6.07 Å². The summed E-state index contributed by atoms with van der Waals surface area (Å²) in [5.41, 5.74) is 0.886. The second-order valence-corrected chi connectivity index (χ2v) is 6.96. The van der Waals surface area contributed by atoms with Crippen molar-refractivity contribution in [2.24, 2.45) is 4.99 Å². The van der Waals surface area contributed by atoms with E-state index in [-0.39, 0.29) is 52.5 Å². The largest absolute Gasteiger partial charge is 0.571 e. The number of amidine groups is 1. The highest BCUT2D eigenvalue weighted by atomic mass is 16.5. The maximum absolute atomic E-state index is 12.9. The Morgan fingerprint density at radius 1 is 1.03 bits per heavy atom. The van der Waals surface area contributed by atoms with Crippen LogP contribution in [0.3, 0.4) is 0 Å². The van der Waals surface area contributed by atoms with E-state index >= 15 is 0 Å². The number of fused-ring (bicyclic) bond motifs is 2. The number of ketones is 2. The van der Waals surface area contributed by atoms with Crippen LogP contribution in [0.4, 0.5) is 0 Å². The van der Waals surface area contributed by atoms with E-state index in [0.717, 1.165) is 4.68 Å². The number of nitrogens with zero attached hydrogens (tertiary/aromatic N) is 4. The van der Waals surface area contributed by atoms with E-state index in [0.29, 0.717) is 5.56 Å². The van der Waals surface area contributed by atoms with Gasteiger partial charge in [-0.1, -0.05) is 54.6 Å². The number of carbonyl (C=O) groups excluding carboxylic acids is 3. The zero-order valence-corrected chi connectivity index (χ0v) is 16.0. The summed E-state index contributed by atoms with van der Waals surface area (Å²) in [7, 11) is 0. The van der Waals surface area contributed by atoms with Crippen molar-refractivity contribution < 1.29 is 24.1 Å². The minimum absolute atomic E-state index is 0.0191. The van der Waals surface area contributed by atoms with Gasteiger partial charge in [-0.3, -0.25) is 19.7 Å². The first-order valence-corrected chi connectivity index (χ1v) is 9.50. The Labute approximate surface area is 175 Å². The van der Waals surface area contributed by atoms with Crippen molar-refractivity contribution in [3.63, 3.8) is 0 Å². The number of hydrogen-bond acceptors (Lipinski definition) is 7. The van der Waals surface area contributed by atoms with Crippen molar-refractivity contribution in [3.8, 4) is 0 Å². The summed E-state index contributed by atoms with van der Waals surface area (Å²) < 4.78 is 6.62. The van der Waals surface area contributed by atoms with E-state index < -0.39 is 17.7 Å². The zero-order chi connectivity index (χ0) is 21.5. The number of aliphatic imine (C=N–C) groups is 1. The van der Waals surface area contributed by atoms with Crippen LogP contribution in [-0.2, 0) is 16.1 Å².